The number of morpholine rings is 1. The summed E-state index contributed by atoms with van der Waals surface area (Å²) in [5.74, 6) is 0. The van der Waals surface area contributed by atoms with Crippen LogP contribution in [0.4, 0.5) is 0 Å². The predicted octanol–water partition coefficient (Wildman–Crippen LogP) is 1.12. The number of rotatable bonds is 1. The third kappa shape index (κ3) is 1.32. The van der Waals surface area contributed by atoms with Gasteiger partial charge in [-0.3, -0.25) is 4.90 Å². The Balaban J connectivity index is 2.54. The number of likely N-dealkylation sites (N-methyl/N-ethyl adjacent to an activating group) is 1. The molecule has 2 nitrogen and oxygen atoms in total. The van der Waals surface area contributed by atoms with Crippen LogP contribution in [0.3, 0.4) is 0 Å². The van der Waals surface area contributed by atoms with Crippen LogP contribution in [-0.4, -0.2) is 37.2 Å². The topological polar surface area (TPSA) is 12.5 Å². The highest BCUT2D eigenvalue weighted by Gasteiger charge is 2.30. The van der Waals surface area contributed by atoms with E-state index in [-0.39, 0.29) is 5.54 Å². The lowest BCUT2D eigenvalue weighted by atomic mass is 9.97. The third-order valence-corrected chi connectivity index (χ3v) is 2.67. The fraction of sp³-hybridized carbons (Fsp3) is 1.00. The second-order valence-corrected chi connectivity index (χ2v) is 3.32. The monoisotopic (exact) mass is 143 g/mol. The van der Waals surface area contributed by atoms with Crippen LogP contribution >= 0.6 is 0 Å². The van der Waals surface area contributed by atoms with Crippen LogP contribution in [0.5, 0.6) is 0 Å². The molecule has 1 fully saturated rings. The minimum atomic E-state index is 0.290. The van der Waals surface area contributed by atoms with Crippen molar-refractivity contribution in [2.75, 3.05) is 26.8 Å². The lowest BCUT2D eigenvalue weighted by Gasteiger charge is -2.41. The molecule has 1 aliphatic heterocycles. The van der Waals surface area contributed by atoms with Crippen LogP contribution < -0.4 is 0 Å². The van der Waals surface area contributed by atoms with E-state index in [9.17, 15) is 0 Å². The lowest BCUT2D eigenvalue weighted by molar-refractivity contribution is -0.0482. The van der Waals surface area contributed by atoms with Crippen LogP contribution in [-0.2, 0) is 4.74 Å². The van der Waals surface area contributed by atoms with Crippen molar-refractivity contribution in [1.82, 2.24) is 4.90 Å². The molecule has 2 heteroatoms. The second-order valence-electron chi connectivity index (χ2n) is 3.32. The van der Waals surface area contributed by atoms with Gasteiger partial charge >= 0.3 is 0 Å². The van der Waals surface area contributed by atoms with Crippen molar-refractivity contribution in [3.05, 3.63) is 0 Å². The first-order chi connectivity index (χ1) is 4.69. The molecule has 0 radical (unpaired) electrons. The Kier molecular flexibility index (Phi) is 2.32. The molecule has 0 aromatic heterocycles. The van der Waals surface area contributed by atoms with Gasteiger partial charge < -0.3 is 4.74 Å². The molecule has 0 bridgehead atoms. The van der Waals surface area contributed by atoms with Crippen molar-refractivity contribution >= 4 is 0 Å². The highest BCUT2D eigenvalue weighted by Crippen LogP contribution is 2.20. The largest absolute Gasteiger partial charge is 0.378 e. The maximum Gasteiger partial charge on any atom is 0.0648 e. The molecule has 0 aromatic carbocycles. The molecule has 1 rings (SSSR count). The molecule has 0 spiro atoms. The summed E-state index contributed by atoms with van der Waals surface area (Å²) in [6.07, 6.45) is 1.17. The molecular weight excluding hydrogens is 126 g/mol. The first kappa shape index (κ1) is 8.02. The average molecular weight is 143 g/mol. The minimum absolute atomic E-state index is 0.290. The van der Waals surface area contributed by atoms with Gasteiger partial charge in [-0.15, -0.1) is 0 Å². The highest BCUT2D eigenvalue weighted by atomic mass is 16.5. The van der Waals surface area contributed by atoms with Gasteiger partial charge in [0, 0.05) is 12.1 Å². The molecular formula is C8H17NO. The molecule has 0 unspecified atom stereocenters. The summed E-state index contributed by atoms with van der Waals surface area (Å²) in [6, 6.07) is 0. The molecule has 1 aliphatic rings. The Bertz CT molecular complexity index is 116. The molecule has 10 heavy (non-hydrogen) atoms. The maximum absolute atomic E-state index is 5.40. The van der Waals surface area contributed by atoms with E-state index in [1.54, 1.807) is 0 Å². The van der Waals surface area contributed by atoms with Crippen molar-refractivity contribution in [2.24, 2.45) is 0 Å². The number of hydrogen-bond acceptors (Lipinski definition) is 2. The highest BCUT2D eigenvalue weighted by molar-refractivity contribution is 4.85. The number of ether oxygens (including phenoxy) is 1. The summed E-state index contributed by atoms with van der Waals surface area (Å²) in [4.78, 5) is 2.39. The molecule has 0 saturated carbocycles. The normalized spacial score (nSPS) is 36.3. The molecule has 1 heterocycles. The summed E-state index contributed by atoms with van der Waals surface area (Å²) < 4.78 is 5.40. The zero-order chi connectivity index (χ0) is 7.61. The third-order valence-electron chi connectivity index (χ3n) is 2.67. The van der Waals surface area contributed by atoms with Crippen molar-refractivity contribution < 1.29 is 4.74 Å². The lowest BCUT2D eigenvalue weighted by Crippen LogP contribution is -2.52. The summed E-state index contributed by atoms with van der Waals surface area (Å²) in [6.45, 7) is 7.33. The van der Waals surface area contributed by atoms with Gasteiger partial charge in [0.15, 0.2) is 0 Å². The van der Waals surface area contributed by atoms with Crippen molar-refractivity contribution in [2.45, 2.75) is 25.8 Å². The molecule has 0 N–H and O–H groups in total. The predicted molar refractivity (Wildman–Crippen MR) is 42.1 cm³/mol. The second kappa shape index (κ2) is 2.89. The first-order valence-corrected chi connectivity index (χ1v) is 3.98. The Morgan fingerprint density at radius 2 is 2.30 bits per heavy atom. The smallest absolute Gasteiger partial charge is 0.0648 e. The van der Waals surface area contributed by atoms with Crippen molar-refractivity contribution in [3.8, 4) is 0 Å². The molecule has 60 valence electrons. The fourth-order valence-corrected chi connectivity index (χ4v) is 1.25. The van der Waals surface area contributed by atoms with Gasteiger partial charge in [0.05, 0.1) is 13.2 Å². The molecule has 1 atom stereocenters. The van der Waals surface area contributed by atoms with Gasteiger partial charge in [-0.05, 0) is 20.4 Å². The molecule has 0 amide bonds. The maximum atomic E-state index is 5.40. The zero-order valence-electron chi connectivity index (χ0n) is 7.18. The summed E-state index contributed by atoms with van der Waals surface area (Å²) >= 11 is 0. The Hall–Kier alpha value is -0.0800. The van der Waals surface area contributed by atoms with Crippen molar-refractivity contribution in [1.29, 1.82) is 0 Å². The van der Waals surface area contributed by atoms with E-state index in [1.165, 1.54) is 6.42 Å². The SMILES string of the molecule is CC[C@]1(C)COCCN1C. The molecule has 0 aliphatic carbocycles. The number of hydrogen-bond donors (Lipinski definition) is 0. The number of nitrogens with zero attached hydrogens (tertiary/aromatic N) is 1. The van der Waals surface area contributed by atoms with Crippen LogP contribution in [0.15, 0.2) is 0 Å². The van der Waals surface area contributed by atoms with Crippen LogP contribution in [0.1, 0.15) is 20.3 Å². The fourth-order valence-electron chi connectivity index (χ4n) is 1.25. The van der Waals surface area contributed by atoms with E-state index < -0.39 is 0 Å². The van der Waals surface area contributed by atoms with Gasteiger partial charge in [0.2, 0.25) is 0 Å². The van der Waals surface area contributed by atoms with E-state index in [0.29, 0.717) is 0 Å². The van der Waals surface area contributed by atoms with E-state index in [1.807, 2.05) is 0 Å². The summed E-state index contributed by atoms with van der Waals surface area (Å²) in [5, 5.41) is 0. The zero-order valence-corrected chi connectivity index (χ0v) is 7.18. The van der Waals surface area contributed by atoms with Crippen LogP contribution in [0, 0.1) is 0 Å². The van der Waals surface area contributed by atoms with E-state index in [4.69, 9.17) is 4.74 Å². The standard InChI is InChI=1S/C8H17NO/c1-4-8(2)7-10-6-5-9(8)3/h4-7H2,1-3H3/t8-/m1/s1. The summed E-state index contributed by atoms with van der Waals surface area (Å²) in [5.41, 5.74) is 0.290. The van der Waals surface area contributed by atoms with Gasteiger partial charge in [-0.25, -0.2) is 0 Å². The van der Waals surface area contributed by atoms with Gasteiger partial charge in [-0.1, -0.05) is 6.92 Å². The summed E-state index contributed by atoms with van der Waals surface area (Å²) in [7, 11) is 2.17. The van der Waals surface area contributed by atoms with Crippen molar-refractivity contribution in [3.63, 3.8) is 0 Å². The van der Waals surface area contributed by atoms with Gasteiger partial charge in [0.1, 0.15) is 0 Å². The van der Waals surface area contributed by atoms with Crippen LogP contribution in [0.25, 0.3) is 0 Å². The average Bonchev–Trinajstić information content (AvgIpc) is 1.96. The molecule has 0 aromatic rings. The van der Waals surface area contributed by atoms with Gasteiger partial charge in [0.25, 0.3) is 0 Å². The van der Waals surface area contributed by atoms with E-state index in [2.05, 4.69) is 25.8 Å². The van der Waals surface area contributed by atoms with Gasteiger partial charge in [-0.2, -0.15) is 0 Å². The molecule has 1 saturated heterocycles. The Labute approximate surface area is 63.2 Å². The first-order valence-electron chi connectivity index (χ1n) is 3.98. The quantitative estimate of drug-likeness (QED) is 0.545. The minimum Gasteiger partial charge on any atom is -0.378 e. The van der Waals surface area contributed by atoms with E-state index >= 15 is 0 Å². The van der Waals surface area contributed by atoms with Crippen LogP contribution in [0.2, 0.25) is 0 Å². The Morgan fingerprint density at radius 1 is 1.60 bits per heavy atom. The van der Waals surface area contributed by atoms with E-state index in [0.717, 1.165) is 19.8 Å². The Morgan fingerprint density at radius 3 is 2.70 bits per heavy atom.